The largest absolute Gasteiger partial charge is 1.00 e. The molecule has 0 radical (unpaired) electrons. The van der Waals surface area contributed by atoms with Gasteiger partial charge >= 0.3 is 59.1 Å². The summed E-state index contributed by atoms with van der Waals surface area (Å²) in [6, 6.07) is 0. The standard InChI is InChI=1S/C12H22.C5H8O7S.2Na/c1-3-7-11(8-4-1)12-9-5-2-6-10-12;1-5(4(8)9,2-3(6)7)13(10,11)12;;/h11-12H,1-10H2;2H2,1H3,(H,6,7)(H,8,9)(H,10,11,12);;/q;;2*+1/p-2. The summed E-state index contributed by atoms with van der Waals surface area (Å²) in [4.78, 5) is 20.3. The predicted octanol–water partition coefficient (Wildman–Crippen LogP) is -5.32. The first-order chi connectivity index (χ1) is 11.6. The van der Waals surface area contributed by atoms with Gasteiger partial charge in [-0.25, -0.2) is 0 Å². The molecule has 1 N–H and O–H groups in total. The maximum atomic E-state index is 10.5. The molecule has 0 saturated heterocycles. The molecule has 0 amide bonds. The zero-order valence-corrected chi connectivity index (χ0v) is 21.6. The van der Waals surface area contributed by atoms with Crippen molar-refractivity contribution in [2.75, 3.05) is 0 Å². The molecule has 0 heterocycles. The van der Waals surface area contributed by atoms with E-state index >= 15 is 0 Å². The molecule has 1 atom stereocenters. The Morgan fingerprint density at radius 2 is 1.22 bits per heavy atom. The van der Waals surface area contributed by atoms with Crippen molar-refractivity contribution in [1.29, 1.82) is 0 Å². The average molecular weight is 422 g/mol. The summed E-state index contributed by atoms with van der Waals surface area (Å²) in [7, 11) is -5.04. The monoisotopic (exact) mass is 422 g/mol. The molecule has 2 saturated carbocycles. The molecule has 10 heteroatoms. The van der Waals surface area contributed by atoms with Crippen LogP contribution >= 0.6 is 0 Å². The summed E-state index contributed by atoms with van der Waals surface area (Å²) in [6.45, 7) is 0.521. The Bertz CT molecular complexity index is 540. The fourth-order valence-corrected chi connectivity index (χ4v) is 4.27. The molecule has 0 aromatic carbocycles. The van der Waals surface area contributed by atoms with Crippen LogP contribution in [0.3, 0.4) is 0 Å². The number of carboxylic acids is 2. The van der Waals surface area contributed by atoms with Gasteiger partial charge in [-0.05, 0) is 18.8 Å². The first kappa shape index (κ1) is 30.0. The third-order valence-corrected chi connectivity index (χ3v) is 6.90. The maximum absolute atomic E-state index is 10.5. The fraction of sp³-hybridized carbons (Fsp3) is 0.882. The SMILES string of the molecule is C1CCC(C2CCCCC2)CC1.CC(CC(=O)[O-])(C(=O)[O-])S(=O)(=O)O.[Na+].[Na+]. The van der Waals surface area contributed by atoms with Crippen LogP contribution in [0, 0.1) is 11.8 Å². The molecule has 0 aliphatic heterocycles. The topological polar surface area (TPSA) is 135 Å². The van der Waals surface area contributed by atoms with Gasteiger partial charge in [0.25, 0.3) is 10.1 Å². The van der Waals surface area contributed by atoms with Crippen molar-refractivity contribution in [2.24, 2.45) is 11.8 Å². The average Bonchev–Trinajstić information content (AvgIpc) is 2.55. The second-order valence-corrected chi connectivity index (χ2v) is 9.19. The van der Waals surface area contributed by atoms with Crippen molar-refractivity contribution in [3.8, 4) is 0 Å². The second kappa shape index (κ2) is 14.0. The van der Waals surface area contributed by atoms with Gasteiger partial charge in [0.2, 0.25) is 0 Å². The van der Waals surface area contributed by atoms with Crippen LogP contribution in [0.4, 0.5) is 0 Å². The van der Waals surface area contributed by atoms with Crippen LogP contribution in [0.25, 0.3) is 0 Å². The van der Waals surface area contributed by atoms with Gasteiger partial charge in [-0.15, -0.1) is 0 Å². The Balaban J connectivity index is 0. The normalized spacial score (nSPS) is 20.7. The summed E-state index contributed by atoms with van der Waals surface area (Å²) in [6.07, 6.45) is 14.0. The molecule has 0 spiro atoms. The second-order valence-electron chi connectivity index (χ2n) is 7.34. The van der Waals surface area contributed by atoms with Gasteiger partial charge < -0.3 is 19.8 Å². The third kappa shape index (κ3) is 9.94. The van der Waals surface area contributed by atoms with Crippen molar-refractivity contribution in [3.05, 3.63) is 0 Å². The summed E-state index contributed by atoms with van der Waals surface area (Å²) in [5.74, 6) is -1.83. The van der Waals surface area contributed by atoms with Crippen molar-refractivity contribution >= 4 is 22.1 Å². The predicted molar refractivity (Wildman–Crippen MR) is 87.7 cm³/mol. The molecule has 2 rings (SSSR count). The molecule has 2 aliphatic carbocycles. The molecule has 7 nitrogen and oxygen atoms in total. The van der Waals surface area contributed by atoms with Gasteiger partial charge in [0.05, 0.1) is 5.97 Å². The zero-order valence-electron chi connectivity index (χ0n) is 16.7. The van der Waals surface area contributed by atoms with Crippen LogP contribution < -0.4 is 69.3 Å². The van der Waals surface area contributed by atoms with E-state index in [2.05, 4.69) is 0 Å². The molecule has 2 aliphatic rings. The van der Waals surface area contributed by atoms with Crippen LogP contribution in [0.1, 0.15) is 77.6 Å². The Morgan fingerprint density at radius 1 is 0.889 bits per heavy atom. The van der Waals surface area contributed by atoms with Crippen LogP contribution in [-0.2, 0) is 19.7 Å². The van der Waals surface area contributed by atoms with Gasteiger partial charge in [0.15, 0.2) is 0 Å². The van der Waals surface area contributed by atoms with E-state index in [1.54, 1.807) is 25.7 Å². The molecule has 27 heavy (non-hydrogen) atoms. The molecule has 1 unspecified atom stereocenters. The number of carbonyl (C=O) groups excluding carboxylic acids is 2. The molecule has 0 aromatic rings. The summed E-state index contributed by atoms with van der Waals surface area (Å²) in [5, 5.41) is 20.3. The van der Waals surface area contributed by atoms with Crippen LogP contribution in [-0.4, -0.2) is 29.7 Å². The number of carbonyl (C=O) groups is 2. The quantitative estimate of drug-likeness (QED) is 0.345. The van der Waals surface area contributed by atoms with E-state index in [1.165, 1.54) is 38.5 Å². The molecular formula is C17H28Na2O7S. The third-order valence-electron chi connectivity index (χ3n) is 5.45. The van der Waals surface area contributed by atoms with Crippen molar-refractivity contribution < 1.29 is 91.9 Å². The Morgan fingerprint density at radius 3 is 1.41 bits per heavy atom. The van der Waals surface area contributed by atoms with Crippen LogP contribution in [0.5, 0.6) is 0 Å². The van der Waals surface area contributed by atoms with E-state index in [1.807, 2.05) is 0 Å². The van der Waals surface area contributed by atoms with Gasteiger partial charge in [-0.2, -0.15) is 8.42 Å². The number of hydrogen-bond acceptors (Lipinski definition) is 6. The summed E-state index contributed by atoms with van der Waals surface area (Å²) >= 11 is 0. The Kier molecular flexibility index (Phi) is 15.5. The van der Waals surface area contributed by atoms with E-state index in [-0.39, 0.29) is 59.1 Å². The smallest absolute Gasteiger partial charge is 0.550 e. The molecular weight excluding hydrogens is 394 g/mol. The number of hydrogen-bond donors (Lipinski definition) is 1. The zero-order chi connectivity index (χ0) is 19.1. The Hall–Kier alpha value is 0.850. The fourth-order valence-electron chi connectivity index (χ4n) is 3.76. The van der Waals surface area contributed by atoms with E-state index in [0.717, 1.165) is 11.8 Å². The minimum atomic E-state index is -5.04. The minimum Gasteiger partial charge on any atom is -0.550 e. The van der Waals surface area contributed by atoms with Crippen molar-refractivity contribution in [3.63, 3.8) is 0 Å². The van der Waals surface area contributed by atoms with E-state index in [0.29, 0.717) is 6.92 Å². The van der Waals surface area contributed by atoms with E-state index in [9.17, 15) is 28.2 Å². The summed E-state index contributed by atoms with van der Waals surface area (Å²) < 4.78 is 26.5. The Labute approximate surface area is 206 Å². The maximum Gasteiger partial charge on any atom is 1.00 e. The van der Waals surface area contributed by atoms with Gasteiger partial charge in [-0.1, -0.05) is 64.2 Å². The first-order valence-corrected chi connectivity index (χ1v) is 10.4. The van der Waals surface area contributed by atoms with Gasteiger partial charge in [0, 0.05) is 12.4 Å². The van der Waals surface area contributed by atoms with Crippen molar-refractivity contribution in [1.82, 2.24) is 0 Å². The molecule has 146 valence electrons. The number of rotatable bonds is 5. The molecule has 0 bridgehead atoms. The van der Waals surface area contributed by atoms with E-state index < -0.39 is 33.2 Å². The van der Waals surface area contributed by atoms with Crippen molar-refractivity contribution in [2.45, 2.75) is 82.3 Å². The molecule has 2 fully saturated rings. The van der Waals surface area contributed by atoms with E-state index in [4.69, 9.17) is 4.55 Å². The molecule has 0 aromatic heterocycles. The van der Waals surface area contributed by atoms with Crippen LogP contribution in [0.2, 0.25) is 0 Å². The van der Waals surface area contributed by atoms with Gasteiger partial charge in [-0.3, -0.25) is 4.55 Å². The number of carboxylic acid groups (broad SMARTS) is 2. The first-order valence-electron chi connectivity index (χ1n) is 8.96. The number of aliphatic carboxylic acids is 2. The van der Waals surface area contributed by atoms with Gasteiger partial charge in [0.1, 0.15) is 4.75 Å². The minimum absolute atomic E-state index is 0. The van der Waals surface area contributed by atoms with Crippen LogP contribution in [0.15, 0.2) is 0 Å². The summed E-state index contributed by atoms with van der Waals surface area (Å²) in [5.41, 5.74) is 0.